The van der Waals surface area contributed by atoms with Crippen LogP contribution in [-0.2, 0) is 0 Å². The highest BCUT2D eigenvalue weighted by atomic mass is 79.9. The van der Waals surface area contributed by atoms with Crippen molar-refractivity contribution in [2.24, 2.45) is 5.73 Å². The maximum absolute atomic E-state index is 12.3. The van der Waals surface area contributed by atoms with Crippen LogP contribution in [0.25, 0.3) is 0 Å². The van der Waals surface area contributed by atoms with Crippen LogP contribution in [0.15, 0.2) is 27.1 Å². The van der Waals surface area contributed by atoms with Gasteiger partial charge >= 0.3 is 6.18 Å². The third kappa shape index (κ3) is 2.71. The lowest BCUT2D eigenvalue weighted by atomic mass is 10.1. The minimum Gasteiger partial charge on any atom is -0.316 e. The maximum atomic E-state index is 12.3. The molecule has 0 aliphatic carbocycles. The fourth-order valence-electron chi connectivity index (χ4n) is 0.929. The Bertz CT molecular complexity index is 338. The topological polar surface area (TPSA) is 26.0 Å². The minimum atomic E-state index is -4.43. The second-order valence-corrected chi connectivity index (χ2v) is 4.46. The van der Waals surface area contributed by atoms with Gasteiger partial charge in [-0.15, -0.1) is 0 Å². The van der Waals surface area contributed by atoms with Crippen molar-refractivity contribution in [1.82, 2.24) is 0 Å². The summed E-state index contributed by atoms with van der Waals surface area (Å²) in [6.07, 6.45) is -4.43. The van der Waals surface area contributed by atoms with Crippen molar-refractivity contribution < 1.29 is 13.2 Å². The molecule has 0 aromatic heterocycles. The van der Waals surface area contributed by atoms with Gasteiger partial charge in [-0.1, -0.05) is 31.9 Å². The molecule has 1 nitrogen and oxygen atoms in total. The molecule has 0 saturated carbocycles. The first-order chi connectivity index (χ1) is 6.32. The highest BCUT2D eigenvalue weighted by Gasteiger charge is 2.38. The molecule has 0 amide bonds. The Hall–Kier alpha value is -0.0700. The Kier molecular flexibility index (Phi) is 3.60. The molecule has 0 spiro atoms. The van der Waals surface area contributed by atoms with E-state index in [9.17, 15) is 13.2 Å². The van der Waals surface area contributed by atoms with Gasteiger partial charge in [0, 0.05) is 8.95 Å². The summed E-state index contributed by atoms with van der Waals surface area (Å²) in [6, 6.07) is 2.54. The first kappa shape index (κ1) is 12.0. The predicted octanol–water partition coefficient (Wildman–Crippen LogP) is 3.77. The first-order valence-electron chi connectivity index (χ1n) is 3.59. The van der Waals surface area contributed by atoms with Crippen LogP contribution in [0, 0.1) is 0 Å². The van der Waals surface area contributed by atoms with E-state index >= 15 is 0 Å². The normalized spacial score (nSPS) is 14.1. The van der Waals surface area contributed by atoms with Gasteiger partial charge in [-0.3, -0.25) is 0 Å². The van der Waals surface area contributed by atoms with Crippen LogP contribution in [-0.4, -0.2) is 6.18 Å². The lowest BCUT2D eigenvalue weighted by Gasteiger charge is -2.17. The number of benzene rings is 1. The molecular formula is C8H6Br2F3N. The van der Waals surface area contributed by atoms with Crippen molar-refractivity contribution in [3.05, 3.63) is 32.7 Å². The summed E-state index contributed by atoms with van der Waals surface area (Å²) in [4.78, 5) is 0. The lowest BCUT2D eigenvalue weighted by molar-refractivity contribution is -0.149. The summed E-state index contributed by atoms with van der Waals surface area (Å²) in [5.74, 6) is 0. The summed E-state index contributed by atoms with van der Waals surface area (Å²) in [5.41, 5.74) is 5.09. The molecule has 1 aromatic carbocycles. The van der Waals surface area contributed by atoms with Crippen LogP contribution in [0.4, 0.5) is 13.2 Å². The number of hydrogen-bond donors (Lipinski definition) is 1. The average molecular weight is 333 g/mol. The molecule has 0 bridgehead atoms. The Morgan fingerprint density at radius 1 is 1.21 bits per heavy atom. The molecule has 2 N–H and O–H groups in total. The largest absolute Gasteiger partial charge is 0.407 e. The lowest BCUT2D eigenvalue weighted by Crippen LogP contribution is -2.28. The molecule has 0 unspecified atom stereocenters. The van der Waals surface area contributed by atoms with Crippen LogP contribution in [0.5, 0.6) is 0 Å². The number of halogens is 5. The van der Waals surface area contributed by atoms with E-state index in [2.05, 4.69) is 31.9 Å². The van der Waals surface area contributed by atoms with Gasteiger partial charge in [0.25, 0.3) is 0 Å². The van der Waals surface area contributed by atoms with Crippen LogP contribution in [0.3, 0.4) is 0 Å². The molecule has 0 saturated heterocycles. The third-order valence-electron chi connectivity index (χ3n) is 1.65. The van der Waals surface area contributed by atoms with Gasteiger partial charge in [0.05, 0.1) is 0 Å². The monoisotopic (exact) mass is 331 g/mol. The number of hydrogen-bond acceptors (Lipinski definition) is 1. The van der Waals surface area contributed by atoms with Gasteiger partial charge in [0.1, 0.15) is 6.04 Å². The van der Waals surface area contributed by atoms with E-state index in [0.717, 1.165) is 0 Å². The quantitative estimate of drug-likeness (QED) is 0.832. The third-order valence-corrected chi connectivity index (χ3v) is 2.86. The Morgan fingerprint density at radius 2 is 1.79 bits per heavy atom. The Labute approximate surface area is 95.7 Å². The minimum absolute atomic E-state index is 0.0203. The standard InChI is InChI=1S/C8H6Br2F3N/c9-4-1-2-6(10)5(3-4)7(14)8(11,12)13/h1-3,7H,14H2/t7-/m1/s1. The maximum Gasteiger partial charge on any atom is 0.407 e. The van der Waals surface area contributed by atoms with Gasteiger partial charge in [-0.05, 0) is 23.8 Å². The van der Waals surface area contributed by atoms with E-state index in [1.54, 1.807) is 6.07 Å². The van der Waals surface area contributed by atoms with E-state index in [1.165, 1.54) is 12.1 Å². The predicted molar refractivity (Wildman–Crippen MR) is 54.8 cm³/mol. The summed E-state index contributed by atoms with van der Waals surface area (Å²) in [6.45, 7) is 0. The zero-order chi connectivity index (χ0) is 10.9. The van der Waals surface area contributed by atoms with Crippen molar-refractivity contribution in [1.29, 1.82) is 0 Å². The molecule has 1 aromatic rings. The highest BCUT2D eigenvalue weighted by molar-refractivity contribution is 9.11. The second-order valence-electron chi connectivity index (χ2n) is 2.69. The average Bonchev–Trinajstić information content (AvgIpc) is 2.06. The molecule has 1 rings (SSSR count). The van der Waals surface area contributed by atoms with Crippen molar-refractivity contribution >= 4 is 31.9 Å². The Morgan fingerprint density at radius 3 is 2.29 bits per heavy atom. The molecule has 78 valence electrons. The molecule has 6 heteroatoms. The fraction of sp³-hybridized carbons (Fsp3) is 0.250. The molecule has 0 aliphatic heterocycles. The molecular weight excluding hydrogens is 327 g/mol. The summed E-state index contributed by atoms with van der Waals surface area (Å²) in [7, 11) is 0. The molecule has 0 fully saturated rings. The SMILES string of the molecule is N[C@H](c1cc(Br)ccc1Br)C(F)(F)F. The van der Waals surface area contributed by atoms with E-state index < -0.39 is 12.2 Å². The molecule has 0 aliphatic rings. The van der Waals surface area contributed by atoms with E-state index in [4.69, 9.17) is 5.73 Å². The van der Waals surface area contributed by atoms with Gasteiger partial charge in [-0.2, -0.15) is 13.2 Å². The number of alkyl halides is 3. The summed E-state index contributed by atoms with van der Waals surface area (Å²) in [5, 5.41) is 0. The van der Waals surface area contributed by atoms with Gasteiger partial charge in [0.2, 0.25) is 0 Å². The van der Waals surface area contributed by atoms with Crippen molar-refractivity contribution in [3.63, 3.8) is 0 Å². The van der Waals surface area contributed by atoms with Crippen molar-refractivity contribution in [2.75, 3.05) is 0 Å². The summed E-state index contributed by atoms with van der Waals surface area (Å²) < 4.78 is 37.8. The van der Waals surface area contributed by atoms with E-state index in [0.29, 0.717) is 8.95 Å². The van der Waals surface area contributed by atoms with Crippen LogP contribution < -0.4 is 5.73 Å². The van der Waals surface area contributed by atoms with Gasteiger partial charge < -0.3 is 5.73 Å². The molecule has 14 heavy (non-hydrogen) atoms. The first-order valence-corrected chi connectivity index (χ1v) is 5.18. The molecule has 0 heterocycles. The van der Waals surface area contributed by atoms with Gasteiger partial charge in [0.15, 0.2) is 0 Å². The zero-order valence-electron chi connectivity index (χ0n) is 6.78. The number of rotatable bonds is 1. The highest BCUT2D eigenvalue weighted by Crippen LogP contribution is 2.35. The Balaban J connectivity index is 3.12. The van der Waals surface area contributed by atoms with Crippen LogP contribution in [0.2, 0.25) is 0 Å². The zero-order valence-corrected chi connectivity index (χ0v) is 9.95. The van der Waals surface area contributed by atoms with E-state index in [1.807, 2.05) is 0 Å². The van der Waals surface area contributed by atoms with Crippen LogP contribution >= 0.6 is 31.9 Å². The van der Waals surface area contributed by atoms with Crippen molar-refractivity contribution in [3.8, 4) is 0 Å². The molecule has 1 atom stereocenters. The van der Waals surface area contributed by atoms with Gasteiger partial charge in [-0.25, -0.2) is 0 Å². The second kappa shape index (κ2) is 4.20. The number of nitrogens with two attached hydrogens (primary N) is 1. The smallest absolute Gasteiger partial charge is 0.316 e. The van der Waals surface area contributed by atoms with Crippen molar-refractivity contribution in [2.45, 2.75) is 12.2 Å². The van der Waals surface area contributed by atoms with Crippen LogP contribution in [0.1, 0.15) is 11.6 Å². The fourth-order valence-corrected chi connectivity index (χ4v) is 1.80. The van der Waals surface area contributed by atoms with E-state index in [-0.39, 0.29) is 5.56 Å². The summed E-state index contributed by atoms with van der Waals surface area (Å²) >= 11 is 6.11. The molecule has 0 radical (unpaired) electrons.